The highest BCUT2D eigenvalue weighted by Crippen LogP contribution is 2.05. The summed E-state index contributed by atoms with van der Waals surface area (Å²) in [5.41, 5.74) is 0. The van der Waals surface area contributed by atoms with E-state index >= 15 is 0 Å². The van der Waals surface area contributed by atoms with Crippen LogP contribution < -0.4 is 5.32 Å². The van der Waals surface area contributed by atoms with Gasteiger partial charge in [-0.05, 0) is 6.92 Å². The van der Waals surface area contributed by atoms with Gasteiger partial charge in [0.2, 0.25) is 5.91 Å². The molecular weight excluding hydrogens is 162 g/mol. The molecule has 0 radical (unpaired) electrons. The lowest BCUT2D eigenvalue weighted by molar-refractivity contribution is -0.157. The molecule has 0 saturated carbocycles. The standard InChI is InChI=1S/C7H11NO4/c1-4(9)7(11)12-5-2-6(10)8-3-5/h4-5,9H,2-3H2,1H3,(H,8,10)/t4-,5?/m1/s1. The zero-order chi connectivity index (χ0) is 9.14. The van der Waals surface area contributed by atoms with Crippen LogP contribution in [0.15, 0.2) is 0 Å². The van der Waals surface area contributed by atoms with Crippen molar-refractivity contribution in [1.29, 1.82) is 0 Å². The summed E-state index contributed by atoms with van der Waals surface area (Å²) in [6.45, 7) is 1.67. The fourth-order valence-corrected chi connectivity index (χ4v) is 0.925. The van der Waals surface area contributed by atoms with Crippen molar-refractivity contribution in [1.82, 2.24) is 5.32 Å². The first-order valence-corrected chi connectivity index (χ1v) is 3.75. The summed E-state index contributed by atoms with van der Waals surface area (Å²) in [5.74, 6) is -0.810. The molecule has 1 aliphatic heterocycles. The average Bonchev–Trinajstić information content (AvgIpc) is 2.35. The molecule has 1 rings (SSSR count). The quantitative estimate of drug-likeness (QED) is 0.514. The Labute approximate surface area is 69.7 Å². The summed E-state index contributed by atoms with van der Waals surface area (Å²) in [6, 6.07) is 0. The van der Waals surface area contributed by atoms with E-state index in [2.05, 4.69) is 5.32 Å². The highest BCUT2D eigenvalue weighted by atomic mass is 16.6. The largest absolute Gasteiger partial charge is 0.458 e. The normalized spacial score (nSPS) is 24.8. The summed E-state index contributed by atoms with van der Waals surface area (Å²) < 4.78 is 4.77. The van der Waals surface area contributed by atoms with Gasteiger partial charge in [-0.25, -0.2) is 4.79 Å². The van der Waals surface area contributed by atoms with E-state index < -0.39 is 18.2 Å². The number of carbonyl (C=O) groups excluding carboxylic acids is 2. The smallest absolute Gasteiger partial charge is 0.335 e. The highest BCUT2D eigenvalue weighted by Gasteiger charge is 2.26. The van der Waals surface area contributed by atoms with Crippen molar-refractivity contribution >= 4 is 11.9 Å². The van der Waals surface area contributed by atoms with Crippen LogP contribution in [0.1, 0.15) is 13.3 Å². The number of aliphatic hydroxyl groups excluding tert-OH is 1. The van der Waals surface area contributed by atoms with Gasteiger partial charge in [0.1, 0.15) is 12.2 Å². The number of carbonyl (C=O) groups is 2. The van der Waals surface area contributed by atoms with E-state index in [9.17, 15) is 9.59 Å². The number of ether oxygens (including phenoxy) is 1. The molecule has 1 amide bonds. The van der Waals surface area contributed by atoms with Gasteiger partial charge < -0.3 is 15.2 Å². The van der Waals surface area contributed by atoms with Crippen LogP contribution in [0.2, 0.25) is 0 Å². The average molecular weight is 173 g/mol. The maximum absolute atomic E-state index is 10.8. The summed E-state index contributed by atoms with van der Waals surface area (Å²) in [5, 5.41) is 11.3. The summed E-state index contributed by atoms with van der Waals surface area (Å²) >= 11 is 0. The molecule has 5 heteroatoms. The number of nitrogens with one attached hydrogen (secondary N) is 1. The molecule has 0 bridgehead atoms. The lowest BCUT2D eigenvalue weighted by atomic mass is 10.3. The van der Waals surface area contributed by atoms with Gasteiger partial charge >= 0.3 is 5.97 Å². The van der Waals surface area contributed by atoms with E-state index in [1.165, 1.54) is 6.92 Å². The maximum atomic E-state index is 10.8. The molecule has 0 aromatic carbocycles. The summed E-state index contributed by atoms with van der Waals surface area (Å²) in [4.78, 5) is 21.4. The Balaban J connectivity index is 2.32. The van der Waals surface area contributed by atoms with Crippen LogP contribution in [-0.2, 0) is 14.3 Å². The third-order valence-electron chi connectivity index (χ3n) is 1.56. The van der Waals surface area contributed by atoms with Gasteiger partial charge in [0, 0.05) is 0 Å². The summed E-state index contributed by atoms with van der Waals surface area (Å²) in [7, 11) is 0. The second-order valence-electron chi connectivity index (χ2n) is 2.74. The van der Waals surface area contributed by atoms with Crippen molar-refractivity contribution in [3.8, 4) is 0 Å². The molecule has 1 unspecified atom stereocenters. The zero-order valence-electron chi connectivity index (χ0n) is 6.74. The molecule has 12 heavy (non-hydrogen) atoms. The first-order chi connectivity index (χ1) is 5.59. The van der Waals surface area contributed by atoms with Gasteiger partial charge in [-0.3, -0.25) is 4.79 Å². The Bertz CT molecular complexity index is 202. The first-order valence-electron chi connectivity index (χ1n) is 3.75. The van der Waals surface area contributed by atoms with Crippen molar-refractivity contribution in [2.24, 2.45) is 0 Å². The minimum Gasteiger partial charge on any atom is -0.458 e. The predicted molar refractivity (Wildman–Crippen MR) is 39.2 cm³/mol. The van der Waals surface area contributed by atoms with Gasteiger partial charge in [0.15, 0.2) is 0 Å². The fourth-order valence-electron chi connectivity index (χ4n) is 0.925. The highest BCUT2D eigenvalue weighted by molar-refractivity contribution is 5.80. The molecule has 1 fully saturated rings. The van der Waals surface area contributed by atoms with Crippen LogP contribution in [-0.4, -0.2) is 35.7 Å². The molecule has 0 spiro atoms. The number of rotatable bonds is 2. The van der Waals surface area contributed by atoms with E-state index in [1.807, 2.05) is 0 Å². The summed E-state index contributed by atoms with van der Waals surface area (Å²) in [6.07, 6.45) is -1.35. The minimum absolute atomic E-state index is 0.126. The van der Waals surface area contributed by atoms with Crippen LogP contribution in [0.3, 0.4) is 0 Å². The number of amides is 1. The van der Waals surface area contributed by atoms with E-state index in [0.717, 1.165) is 0 Å². The maximum Gasteiger partial charge on any atom is 0.335 e. The molecule has 0 aromatic rings. The lowest BCUT2D eigenvalue weighted by Crippen LogP contribution is -2.27. The van der Waals surface area contributed by atoms with Crippen LogP contribution in [0.4, 0.5) is 0 Å². The van der Waals surface area contributed by atoms with Gasteiger partial charge in [0.05, 0.1) is 13.0 Å². The Morgan fingerprint density at radius 3 is 2.92 bits per heavy atom. The molecule has 0 aliphatic carbocycles. The lowest BCUT2D eigenvalue weighted by Gasteiger charge is -2.10. The molecule has 0 aromatic heterocycles. The van der Waals surface area contributed by atoms with E-state index in [4.69, 9.17) is 9.84 Å². The van der Waals surface area contributed by atoms with Crippen molar-refractivity contribution in [3.05, 3.63) is 0 Å². The van der Waals surface area contributed by atoms with E-state index in [0.29, 0.717) is 6.54 Å². The third-order valence-corrected chi connectivity index (χ3v) is 1.56. The monoisotopic (exact) mass is 173 g/mol. The van der Waals surface area contributed by atoms with Crippen molar-refractivity contribution in [3.63, 3.8) is 0 Å². The first kappa shape index (κ1) is 8.99. The molecule has 1 aliphatic rings. The van der Waals surface area contributed by atoms with Gasteiger partial charge in [-0.1, -0.05) is 0 Å². The van der Waals surface area contributed by atoms with Crippen molar-refractivity contribution in [2.75, 3.05) is 6.54 Å². The van der Waals surface area contributed by atoms with Crippen LogP contribution in [0.5, 0.6) is 0 Å². The Morgan fingerprint density at radius 1 is 1.83 bits per heavy atom. The van der Waals surface area contributed by atoms with Crippen LogP contribution in [0, 0.1) is 0 Å². The Kier molecular flexibility index (Phi) is 2.65. The third kappa shape index (κ3) is 2.20. The number of hydrogen-bond acceptors (Lipinski definition) is 4. The molecule has 68 valence electrons. The molecule has 2 atom stereocenters. The topological polar surface area (TPSA) is 75.6 Å². The van der Waals surface area contributed by atoms with Crippen molar-refractivity contribution in [2.45, 2.75) is 25.6 Å². The Hall–Kier alpha value is -1.10. The van der Waals surface area contributed by atoms with Crippen LogP contribution >= 0.6 is 0 Å². The zero-order valence-corrected chi connectivity index (χ0v) is 6.74. The molecule has 5 nitrogen and oxygen atoms in total. The molecule has 1 saturated heterocycles. The van der Waals surface area contributed by atoms with Gasteiger partial charge in [-0.2, -0.15) is 0 Å². The fraction of sp³-hybridized carbons (Fsp3) is 0.714. The molecular formula is C7H11NO4. The van der Waals surface area contributed by atoms with Crippen LogP contribution in [0.25, 0.3) is 0 Å². The van der Waals surface area contributed by atoms with E-state index in [1.54, 1.807) is 0 Å². The van der Waals surface area contributed by atoms with Gasteiger partial charge in [-0.15, -0.1) is 0 Å². The van der Waals surface area contributed by atoms with E-state index in [-0.39, 0.29) is 12.3 Å². The number of aliphatic hydroxyl groups is 1. The predicted octanol–water partition coefficient (Wildman–Crippen LogP) is -1.20. The SMILES string of the molecule is C[C@@H](O)C(=O)OC1CNC(=O)C1. The molecule has 1 heterocycles. The second-order valence-corrected chi connectivity index (χ2v) is 2.74. The van der Waals surface area contributed by atoms with Crippen molar-refractivity contribution < 1.29 is 19.4 Å². The number of esters is 1. The molecule has 2 N–H and O–H groups in total. The number of hydrogen-bond donors (Lipinski definition) is 2. The Morgan fingerprint density at radius 2 is 2.50 bits per heavy atom. The van der Waals surface area contributed by atoms with Gasteiger partial charge in [0.25, 0.3) is 0 Å². The second kappa shape index (κ2) is 3.53. The minimum atomic E-state index is -1.12.